The smallest absolute Gasteiger partial charge is 0.310 e. The van der Waals surface area contributed by atoms with E-state index in [1.54, 1.807) is 13.8 Å². The summed E-state index contributed by atoms with van der Waals surface area (Å²) in [6.45, 7) is 3.99. The van der Waals surface area contributed by atoms with E-state index in [9.17, 15) is 9.90 Å². The molecule has 0 amide bonds. The van der Waals surface area contributed by atoms with Crippen molar-refractivity contribution in [2.75, 3.05) is 6.61 Å². The molecule has 1 unspecified atom stereocenters. The van der Waals surface area contributed by atoms with Gasteiger partial charge in [-0.05, 0) is 38.1 Å². The summed E-state index contributed by atoms with van der Waals surface area (Å²) < 4.78 is 17.7. The molecule has 2 aromatic carbocycles. The predicted molar refractivity (Wildman–Crippen MR) is 106 cm³/mol. The number of benzene rings is 2. The lowest BCUT2D eigenvalue weighted by Crippen LogP contribution is -2.09. The van der Waals surface area contributed by atoms with Crippen molar-refractivity contribution in [3.05, 3.63) is 63.8 Å². The molecule has 1 heterocycles. The van der Waals surface area contributed by atoms with Crippen LogP contribution in [-0.2, 0) is 22.6 Å². The largest absolute Gasteiger partial charge is 0.488 e. The number of carbonyl (C=O) groups is 1. The molecule has 5 nitrogen and oxygen atoms in total. The quantitative estimate of drug-likeness (QED) is 0.535. The molecule has 0 aliphatic rings. The maximum Gasteiger partial charge on any atom is 0.310 e. The van der Waals surface area contributed by atoms with E-state index in [-0.39, 0.29) is 19.0 Å². The third kappa shape index (κ3) is 4.51. The van der Waals surface area contributed by atoms with Crippen LogP contribution in [0.2, 0.25) is 0 Å². The monoisotopic (exact) mass is 432 g/mol. The molecule has 0 saturated carbocycles. The van der Waals surface area contributed by atoms with Crippen LogP contribution in [0, 0.1) is 0 Å². The fourth-order valence-corrected chi connectivity index (χ4v) is 3.30. The van der Waals surface area contributed by atoms with Crippen LogP contribution in [0.3, 0.4) is 0 Å². The van der Waals surface area contributed by atoms with Gasteiger partial charge in [-0.2, -0.15) is 0 Å². The van der Waals surface area contributed by atoms with Crippen LogP contribution < -0.4 is 4.74 Å². The van der Waals surface area contributed by atoms with Gasteiger partial charge in [-0.25, -0.2) is 0 Å². The molecule has 1 N–H and O–H groups in total. The molecular formula is C21H21BrO5. The molecule has 1 atom stereocenters. The van der Waals surface area contributed by atoms with E-state index in [4.69, 9.17) is 13.9 Å². The van der Waals surface area contributed by atoms with Crippen molar-refractivity contribution in [1.82, 2.24) is 0 Å². The number of aliphatic hydroxyl groups is 1. The van der Waals surface area contributed by atoms with Gasteiger partial charge in [0.25, 0.3) is 0 Å². The zero-order chi connectivity index (χ0) is 19.4. The number of halogens is 1. The van der Waals surface area contributed by atoms with Crippen molar-refractivity contribution in [2.45, 2.75) is 33.0 Å². The summed E-state index contributed by atoms with van der Waals surface area (Å²) in [6.07, 6.45) is -0.616. The first-order valence-corrected chi connectivity index (χ1v) is 9.54. The highest BCUT2D eigenvalue weighted by Gasteiger charge is 2.19. The standard InChI is InChI=1S/C21H21BrO5/c1-3-25-20(24)10-14-6-4-5-7-18(14)26-12-17-16-11-15(22)8-9-19(16)27-21(17)13(2)23/h4-9,11,13,23H,3,10,12H2,1-2H3. The molecule has 3 rings (SSSR count). The first-order valence-electron chi connectivity index (χ1n) is 8.74. The van der Waals surface area contributed by atoms with Crippen molar-refractivity contribution in [1.29, 1.82) is 0 Å². The van der Waals surface area contributed by atoms with E-state index in [1.165, 1.54) is 0 Å². The van der Waals surface area contributed by atoms with Crippen LogP contribution in [-0.4, -0.2) is 17.7 Å². The Hall–Kier alpha value is -2.31. The third-order valence-corrected chi connectivity index (χ3v) is 4.64. The average molecular weight is 433 g/mol. The highest BCUT2D eigenvalue weighted by molar-refractivity contribution is 9.10. The number of esters is 1. The Morgan fingerprint density at radius 3 is 2.78 bits per heavy atom. The summed E-state index contributed by atoms with van der Waals surface area (Å²) in [4.78, 5) is 11.8. The normalized spacial score (nSPS) is 12.1. The van der Waals surface area contributed by atoms with Crippen LogP contribution in [0.1, 0.15) is 36.8 Å². The van der Waals surface area contributed by atoms with E-state index < -0.39 is 6.10 Å². The number of aliphatic hydroxyl groups excluding tert-OH is 1. The average Bonchev–Trinajstić information content (AvgIpc) is 2.99. The Labute approximate surface area is 166 Å². The lowest BCUT2D eigenvalue weighted by molar-refractivity contribution is -0.142. The number of furan rings is 1. The molecule has 3 aromatic rings. The van der Waals surface area contributed by atoms with Crippen molar-refractivity contribution >= 4 is 32.9 Å². The second-order valence-electron chi connectivity index (χ2n) is 6.14. The Balaban J connectivity index is 1.88. The molecule has 0 saturated heterocycles. The number of para-hydroxylation sites is 1. The van der Waals surface area contributed by atoms with Crippen LogP contribution in [0.5, 0.6) is 5.75 Å². The molecule has 6 heteroatoms. The van der Waals surface area contributed by atoms with E-state index in [0.29, 0.717) is 23.7 Å². The summed E-state index contributed by atoms with van der Waals surface area (Å²) in [5.74, 6) is 0.785. The summed E-state index contributed by atoms with van der Waals surface area (Å²) in [6, 6.07) is 13.0. The van der Waals surface area contributed by atoms with Gasteiger partial charge in [-0.3, -0.25) is 4.79 Å². The molecule has 0 aliphatic carbocycles. The van der Waals surface area contributed by atoms with Crippen molar-refractivity contribution in [2.24, 2.45) is 0 Å². The first-order chi connectivity index (χ1) is 13.0. The summed E-state index contributed by atoms with van der Waals surface area (Å²) >= 11 is 3.47. The van der Waals surface area contributed by atoms with Crippen molar-refractivity contribution < 1.29 is 23.8 Å². The number of hydrogen-bond donors (Lipinski definition) is 1. The minimum atomic E-state index is -0.760. The maximum atomic E-state index is 11.8. The molecule has 142 valence electrons. The van der Waals surface area contributed by atoms with Gasteiger partial charge in [-0.1, -0.05) is 34.1 Å². The van der Waals surface area contributed by atoms with Gasteiger partial charge in [0.2, 0.25) is 0 Å². The number of fused-ring (bicyclic) bond motifs is 1. The number of carbonyl (C=O) groups excluding carboxylic acids is 1. The fourth-order valence-electron chi connectivity index (χ4n) is 2.93. The first kappa shape index (κ1) is 19.5. The zero-order valence-corrected chi connectivity index (χ0v) is 16.8. The number of ether oxygens (including phenoxy) is 2. The van der Waals surface area contributed by atoms with Crippen molar-refractivity contribution in [3.63, 3.8) is 0 Å². The summed E-state index contributed by atoms with van der Waals surface area (Å²) in [5.41, 5.74) is 2.23. The van der Waals surface area contributed by atoms with Crippen LogP contribution in [0.4, 0.5) is 0 Å². The second-order valence-corrected chi connectivity index (χ2v) is 7.06. The van der Waals surface area contributed by atoms with Gasteiger partial charge in [0.15, 0.2) is 0 Å². The molecular weight excluding hydrogens is 412 g/mol. The molecule has 0 spiro atoms. The minimum Gasteiger partial charge on any atom is -0.488 e. The predicted octanol–water partition coefficient (Wildman–Crippen LogP) is 4.93. The van der Waals surface area contributed by atoms with Crippen LogP contribution in [0.15, 0.2) is 51.4 Å². The van der Waals surface area contributed by atoms with Gasteiger partial charge in [0.1, 0.15) is 29.8 Å². The molecule has 0 fully saturated rings. The van der Waals surface area contributed by atoms with E-state index in [2.05, 4.69) is 15.9 Å². The van der Waals surface area contributed by atoms with Crippen molar-refractivity contribution in [3.8, 4) is 5.75 Å². The third-order valence-electron chi connectivity index (χ3n) is 4.15. The summed E-state index contributed by atoms with van der Waals surface area (Å²) in [5, 5.41) is 11.0. The Kier molecular flexibility index (Phi) is 6.19. The Bertz CT molecular complexity index is 945. The van der Waals surface area contributed by atoms with E-state index in [1.807, 2.05) is 42.5 Å². The van der Waals surface area contributed by atoms with Gasteiger partial charge in [0, 0.05) is 21.0 Å². The Morgan fingerprint density at radius 2 is 2.04 bits per heavy atom. The molecule has 0 aliphatic heterocycles. The van der Waals surface area contributed by atoms with Gasteiger partial charge < -0.3 is 19.0 Å². The molecule has 1 aromatic heterocycles. The Morgan fingerprint density at radius 1 is 1.26 bits per heavy atom. The zero-order valence-electron chi connectivity index (χ0n) is 15.2. The maximum absolute atomic E-state index is 11.8. The highest BCUT2D eigenvalue weighted by atomic mass is 79.9. The van der Waals surface area contributed by atoms with Crippen LogP contribution >= 0.6 is 15.9 Å². The van der Waals surface area contributed by atoms with E-state index >= 15 is 0 Å². The van der Waals surface area contributed by atoms with E-state index in [0.717, 1.165) is 21.0 Å². The fraction of sp³-hybridized carbons (Fsp3) is 0.286. The van der Waals surface area contributed by atoms with Gasteiger partial charge in [0.05, 0.1) is 13.0 Å². The lowest BCUT2D eigenvalue weighted by Gasteiger charge is -2.12. The topological polar surface area (TPSA) is 68.9 Å². The highest BCUT2D eigenvalue weighted by Crippen LogP contribution is 2.33. The lowest BCUT2D eigenvalue weighted by atomic mass is 10.1. The van der Waals surface area contributed by atoms with Crippen LogP contribution in [0.25, 0.3) is 11.0 Å². The molecule has 0 radical (unpaired) electrons. The number of hydrogen-bond acceptors (Lipinski definition) is 5. The SMILES string of the molecule is CCOC(=O)Cc1ccccc1OCc1c(C(C)O)oc2ccc(Br)cc12. The second kappa shape index (κ2) is 8.59. The number of rotatable bonds is 7. The van der Waals surface area contributed by atoms with Gasteiger partial charge >= 0.3 is 5.97 Å². The summed E-state index contributed by atoms with van der Waals surface area (Å²) in [7, 11) is 0. The minimum absolute atomic E-state index is 0.144. The molecule has 0 bridgehead atoms. The van der Waals surface area contributed by atoms with Gasteiger partial charge in [-0.15, -0.1) is 0 Å². The molecule has 27 heavy (non-hydrogen) atoms.